The average molecular weight is 280 g/mol. The highest BCUT2D eigenvalue weighted by molar-refractivity contribution is 5.99. The highest BCUT2D eigenvalue weighted by atomic mass is 16.5. The zero-order chi connectivity index (χ0) is 14.4. The van der Waals surface area contributed by atoms with Gasteiger partial charge in [-0.05, 0) is 84.1 Å². The fourth-order valence-electron chi connectivity index (χ4n) is 4.16. The highest BCUT2D eigenvalue weighted by Gasteiger charge is 2.31. The topological polar surface area (TPSA) is 26.3 Å². The Morgan fingerprint density at radius 2 is 1.62 bits per heavy atom. The van der Waals surface area contributed by atoms with E-state index in [2.05, 4.69) is 18.2 Å². The Morgan fingerprint density at radius 1 is 0.857 bits per heavy atom. The van der Waals surface area contributed by atoms with E-state index in [4.69, 9.17) is 4.74 Å². The Hall–Kier alpha value is -1.83. The lowest BCUT2D eigenvalue weighted by Gasteiger charge is -2.33. The fraction of sp³-hybridized carbons (Fsp3) is 0.421. The molecule has 0 aromatic heterocycles. The van der Waals surface area contributed by atoms with Gasteiger partial charge in [-0.15, -0.1) is 0 Å². The molecule has 0 N–H and O–H groups in total. The molecule has 0 saturated heterocycles. The Balaban J connectivity index is 1.84. The van der Waals surface area contributed by atoms with Crippen molar-refractivity contribution < 1.29 is 9.53 Å². The van der Waals surface area contributed by atoms with Gasteiger partial charge in [-0.2, -0.15) is 0 Å². The fourth-order valence-corrected chi connectivity index (χ4v) is 4.16. The maximum Gasteiger partial charge on any atom is 0.159 e. The van der Waals surface area contributed by atoms with Crippen LogP contribution in [0.1, 0.15) is 49.7 Å². The van der Waals surface area contributed by atoms with Gasteiger partial charge < -0.3 is 4.74 Å². The Labute approximate surface area is 125 Å². The molecule has 2 heteroatoms. The molecule has 1 aromatic carbocycles. The first-order valence-corrected chi connectivity index (χ1v) is 7.93. The monoisotopic (exact) mass is 280 g/mol. The van der Waals surface area contributed by atoms with Crippen LogP contribution in [0.3, 0.4) is 0 Å². The predicted molar refractivity (Wildman–Crippen MR) is 83.4 cm³/mol. The van der Waals surface area contributed by atoms with Gasteiger partial charge in [-0.25, -0.2) is 0 Å². The molecule has 4 rings (SSSR count). The summed E-state index contributed by atoms with van der Waals surface area (Å²) in [5.74, 6) is 1.35. The first-order valence-electron chi connectivity index (χ1n) is 7.93. The summed E-state index contributed by atoms with van der Waals surface area (Å²) in [5, 5.41) is 0. The van der Waals surface area contributed by atoms with Crippen molar-refractivity contribution in [2.75, 3.05) is 7.11 Å². The molecule has 21 heavy (non-hydrogen) atoms. The first kappa shape index (κ1) is 12.9. The molecule has 3 aliphatic carbocycles. The predicted octanol–water partition coefficient (Wildman–Crippen LogP) is 4.24. The van der Waals surface area contributed by atoms with Crippen LogP contribution in [0.15, 0.2) is 34.9 Å². The molecule has 0 atom stereocenters. The van der Waals surface area contributed by atoms with Gasteiger partial charge in [-0.1, -0.05) is 6.07 Å². The molecule has 0 bridgehead atoms. The summed E-state index contributed by atoms with van der Waals surface area (Å²) < 4.78 is 5.35. The standard InChI is InChI=1S/C19H20O2/c1-21-13-6-8-14-12(11-13)5-7-17-15-3-2-4-19(20)18(15)10-9-16(14)17/h6,8,11H,2-5,7,9-10H2,1H3. The lowest BCUT2D eigenvalue weighted by atomic mass is 9.71. The third kappa shape index (κ3) is 1.97. The molecule has 0 fully saturated rings. The van der Waals surface area contributed by atoms with Gasteiger partial charge in [0, 0.05) is 6.42 Å². The van der Waals surface area contributed by atoms with Crippen LogP contribution in [0.2, 0.25) is 0 Å². The van der Waals surface area contributed by atoms with E-state index >= 15 is 0 Å². The molecular formula is C19H20O2. The molecule has 3 aliphatic rings. The van der Waals surface area contributed by atoms with Gasteiger partial charge in [0.15, 0.2) is 5.78 Å². The van der Waals surface area contributed by atoms with E-state index < -0.39 is 0 Å². The van der Waals surface area contributed by atoms with E-state index in [1.54, 1.807) is 7.11 Å². The minimum absolute atomic E-state index is 0.406. The summed E-state index contributed by atoms with van der Waals surface area (Å²) in [6.07, 6.45) is 7.01. The van der Waals surface area contributed by atoms with Crippen molar-refractivity contribution in [3.8, 4) is 5.75 Å². The summed E-state index contributed by atoms with van der Waals surface area (Å²) >= 11 is 0. The van der Waals surface area contributed by atoms with Crippen molar-refractivity contribution >= 4 is 11.4 Å². The third-order valence-electron chi connectivity index (χ3n) is 5.17. The number of hydrogen-bond acceptors (Lipinski definition) is 2. The number of Topliss-reactive ketones (excluding diaryl/α,β-unsaturated/α-hetero) is 1. The number of ether oxygens (including phenoxy) is 1. The van der Waals surface area contributed by atoms with Crippen molar-refractivity contribution in [3.05, 3.63) is 46.0 Å². The molecule has 1 aromatic rings. The van der Waals surface area contributed by atoms with E-state index in [1.807, 2.05) is 0 Å². The van der Waals surface area contributed by atoms with E-state index in [0.717, 1.165) is 56.3 Å². The van der Waals surface area contributed by atoms with Gasteiger partial charge >= 0.3 is 0 Å². The number of rotatable bonds is 1. The summed E-state index contributed by atoms with van der Waals surface area (Å²) in [5.41, 5.74) is 8.32. The third-order valence-corrected chi connectivity index (χ3v) is 5.17. The minimum atomic E-state index is 0.406. The largest absolute Gasteiger partial charge is 0.497 e. The van der Waals surface area contributed by atoms with Crippen LogP contribution >= 0.6 is 0 Å². The Bertz CT molecular complexity index is 692. The van der Waals surface area contributed by atoms with Crippen LogP contribution in [0, 0.1) is 0 Å². The van der Waals surface area contributed by atoms with Crippen molar-refractivity contribution in [2.45, 2.75) is 44.9 Å². The summed E-state index contributed by atoms with van der Waals surface area (Å²) in [7, 11) is 1.72. The molecule has 0 heterocycles. The second-order valence-corrected chi connectivity index (χ2v) is 6.21. The summed E-state index contributed by atoms with van der Waals surface area (Å²) in [6.45, 7) is 0. The maximum atomic E-state index is 12.1. The lowest BCUT2D eigenvalue weighted by molar-refractivity contribution is -0.116. The van der Waals surface area contributed by atoms with Crippen LogP contribution in [0.25, 0.3) is 5.57 Å². The van der Waals surface area contributed by atoms with Crippen LogP contribution in [-0.4, -0.2) is 12.9 Å². The Kier molecular flexibility index (Phi) is 2.99. The van der Waals surface area contributed by atoms with Crippen molar-refractivity contribution in [3.63, 3.8) is 0 Å². The van der Waals surface area contributed by atoms with E-state index in [0.29, 0.717) is 5.78 Å². The Morgan fingerprint density at radius 3 is 2.48 bits per heavy atom. The van der Waals surface area contributed by atoms with Gasteiger partial charge in [0.1, 0.15) is 5.75 Å². The average Bonchev–Trinajstić information content (AvgIpc) is 2.54. The quantitative estimate of drug-likeness (QED) is 0.769. The van der Waals surface area contributed by atoms with Gasteiger partial charge in [0.05, 0.1) is 7.11 Å². The number of methoxy groups -OCH3 is 1. The van der Waals surface area contributed by atoms with Crippen LogP contribution in [0.5, 0.6) is 5.75 Å². The van der Waals surface area contributed by atoms with E-state index in [-0.39, 0.29) is 0 Å². The van der Waals surface area contributed by atoms with Crippen molar-refractivity contribution in [2.24, 2.45) is 0 Å². The second-order valence-electron chi connectivity index (χ2n) is 6.21. The number of aryl methyl sites for hydroxylation is 1. The number of hydrogen-bond donors (Lipinski definition) is 0. The number of carbonyl (C=O) groups excluding carboxylic acids is 1. The zero-order valence-electron chi connectivity index (χ0n) is 12.5. The molecule has 0 unspecified atom stereocenters. The summed E-state index contributed by atoms with van der Waals surface area (Å²) in [4.78, 5) is 12.1. The molecule has 0 radical (unpaired) electrons. The number of allylic oxidation sites excluding steroid dienone is 4. The molecule has 0 amide bonds. The second kappa shape index (κ2) is 4.87. The van der Waals surface area contributed by atoms with Crippen molar-refractivity contribution in [1.82, 2.24) is 0 Å². The van der Waals surface area contributed by atoms with Crippen LogP contribution in [0.4, 0.5) is 0 Å². The van der Waals surface area contributed by atoms with Gasteiger partial charge in [-0.3, -0.25) is 4.79 Å². The van der Waals surface area contributed by atoms with E-state index in [1.165, 1.54) is 27.8 Å². The lowest BCUT2D eigenvalue weighted by Crippen LogP contribution is -2.19. The summed E-state index contributed by atoms with van der Waals surface area (Å²) in [6, 6.07) is 6.44. The van der Waals surface area contributed by atoms with Crippen LogP contribution in [-0.2, 0) is 11.2 Å². The minimum Gasteiger partial charge on any atom is -0.497 e. The number of benzene rings is 1. The molecule has 108 valence electrons. The number of carbonyl (C=O) groups is 1. The first-order chi connectivity index (χ1) is 10.3. The SMILES string of the molecule is COc1ccc2c(c1)CCC1=C2CCC2=C1CCCC2=O. The molecule has 2 nitrogen and oxygen atoms in total. The van der Waals surface area contributed by atoms with Crippen molar-refractivity contribution in [1.29, 1.82) is 0 Å². The van der Waals surface area contributed by atoms with Crippen LogP contribution < -0.4 is 4.74 Å². The molecule has 0 saturated carbocycles. The highest BCUT2D eigenvalue weighted by Crippen LogP contribution is 2.46. The maximum absolute atomic E-state index is 12.1. The molecule has 0 aliphatic heterocycles. The molecular weight excluding hydrogens is 260 g/mol. The number of fused-ring (bicyclic) bond motifs is 3. The number of ketones is 1. The molecule has 0 spiro atoms. The van der Waals surface area contributed by atoms with E-state index in [9.17, 15) is 4.79 Å². The van der Waals surface area contributed by atoms with Gasteiger partial charge in [0.25, 0.3) is 0 Å². The normalized spacial score (nSPS) is 20.9. The zero-order valence-corrected chi connectivity index (χ0v) is 12.5. The smallest absolute Gasteiger partial charge is 0.159 e. The van der Waals surface area contributed by atoms with Gasteiger partial charge in [0.2, 0.25) is 0 Å².